The van der Waals surface area contributed by atoms with Crippen LogP contribution in [0.5, 0.6) is 0 Å². The maximum Gasteiger partial charge on any atom is 0.266 e. The number of carbonyl (C=O) groups excluding carboxylic acids is 1. The molecular weight excluding hydrogens is 460 g/mol. The fourth-order valence-electron chi connectivity index (χ4n) is 4.32. The molecule has 8 nitrogen and oxygen atoms in total. The monoisotopic (exact) mass is 488 g/mol. The number of amides is 1. The van der Waals surface area contributed by atoms with Gasteiger partial charge in [-0.2, -0.15) is 0 Å². The van der Waals surface area contributed by atoms with Crippen molar-refractivity contribution in [3.05, 3.63) is 45.1 Å². The van der Waals surface area contributed by atoms with E-state index in [0.717, 1.165) is 42.8 Å². The summed E-state index contributed by atoms with van der Waals surface area (Å²) >= 11 is 6.63. The molecule has 2 saturated heterocycles. The minimum Gasteiger partial charge on any atom is -0.395 e. The summed E-state index contributed by atoms with van der Waals surface area (Å²) in [4.78, 5) is 32.9. The van der Waals surface area contributed by atoms with Crippen molar-refractivity contribution in [3.8, 4) is 0 Å². The van der Waals surface area contributed by atoms with Crippen molar-refractivity contribution in [2.24, 2.45) is 7.05 Å². The fraction of sp³-hybridized carbons (Fsp3) is 0.435. The lowest BCUT2D eigenvalue weighted by Gasteiger charge is -2.37. The van der Waals surface area contributed by atoms with Crippen LogP contribution < -0.4 is 10.5 Å². The predicted molar refractivity (Wildman–Crippen MR) is 137 cm³/mol. The number of hydrogen-bond donors (Lipinski definition) is 1. The Hall–Kier alpha value is -2.24. The van der Waals surface area contributed by atoms with Crippen molar-refractivity contribution in [1.29, 1.82) is 0 Å². The van der Waals surface area contributed by atoms with Crippen molar-refractivity contribution >= 4 is 56.9 Å². The Balaban J connectivity index is 1.80. The Morgan fingerprint density at radius 1 is 1.15 bits per heavy atom. The number of fused-ring (bicyclic) bond motifs is 1. The van der Waals surface area contributed by atoms with Crippen molar-refractivity contribution in [1.82, 2.24) is 14.4 Å². The van der Waals surface area contributed by atoms with Gasteiger partial charge >= 0.3 is 0 Å². The average Bonchev–Trinajstić information content (AvgIpc) is 3.09. The molecule has 2 aromatic rings. The first-order valence-electron chi connectivity index (χ1n) is 10.9. The van der Waals surface area contributed by atoms with E-state index in [4.69, 9.17) is 17.0 Å². The van der Waals surface area contributed by atoms with Gasteiger partial charge < -0.3 is 19.3 Å². The van der Waals surface area contributed by atoms with E-state index >= 15 is 0 Å². The van der Waals surface area contributed by atoms with Crippen LogP contribution in [0, 0.1) is 0 Å². The molecule has 176 valence electrons. The largest absolute Gasteiger partial charge is 0.395 e. The first kappa shape index (κ1) is 23.9. The summed E-state index contributed by atoms with van der Waals surface area (Å²) in [5.74, 6) is -0.198. The maximum atomic E-state index is 13.5. The molecule has 4 rings (SSSR count). The van der Waals surface area contributed by atoms with E-state index in [-0.39, 0.29) is 18.1 Å². The van der Waals surface area contributed by atoms with E-state index in [0.29, 0.717) is 34.5 Å². The number of ether oxygens (including phenoxy) is 1. The second-order valence-corrected chi connectivity index (χ2v) is 9.70. The van der Waals surface area contributed by atoms with Crippen molar-refractivity contribution in [3.63, 3.8) is 0 Å². The second-order valence-electron chi connectivity index (χ2n) is 8.02. The molecule has 1 N–H and O–H groups in total. The van der Waals surface area contributed by atoms with Crippen LogP contribution in [0.4, 0.5) is 5.69 Å². The summed E-state index contributed by atoms with van der Waals surface area (Å²) in [5, 5.41) is 10.2. The van der Waals surface area contributed by atoms with E-state index in [9.17, 15) is 14.7 Å². The number of benzene rings is 1. The number of carbonyl (C=O) groups is 1. The summed E-state index contributed by atoms with van der Waals surface area (Å²) in [6.07, 6.45) is 1.70. The van der Waals surface area contributed by atoms with Gasteiger partial charge in [0, 0.05) is 52.3 Å². The van der Waals surface area contributed by atoms with Gasteiger partial charge in [-0.25, -0.2) is 0 Å². The highest BCUT2D eigenvalue weighted by Gasteiger charge is 2.33. The lowest BCUT2D eigenvalue weighted by atomic mass is 10.1. The number of β-amino-alcohol motifs (C(OH)–C–C–N with tert-alkyl or cyclic N) is 1. The zero-order valence-corrected chi connectivity index (χ0v) is 20.5. The van der Waals surface area contributed by atoms with Crippen LogP contribution in [-0.2, 0) is 16.6 Å². The number of nitrogens with zero attached hydrogens (tertiary/aromatic N) is 4. The summed E-state index contributed by atoms with van der Waals surface area (Å²) in [6, 6.07) is 7.85. The first-order valence-corrected chi connectivity index (χ1v) is 12.1. The molecule has 0 unspecified atom stereocenters. The number of hydrogen-bond acceptors (Lipinski definition) is 8. The Bertz CT molecular complexity index is 1160. The number of aliphatic hydroxyl groups is 1. The third-order valence-electron chi connectivity index (χ3n) is 6.08. The number of anilines is 1. The molecule has 2 aliphatic heterocycles. The molecule has 0 bridgehead atoms. The van der Waals surface area contributed by atoms with Crippen LogP contribution in [0.2, 0.25) is 0 Å². The number of thioether (sulfide) groups is 1. The summed E-state index contributed by atoms with van der Waals surface area (Å²) in [7, 11) is 3.34. The highest BCUT2D eigenvalue weighted by atomic mass is 32.2. The van der Waals surface area contributed by atoms with Gasteiger partial charge in [0.05, 0.1) is 41.4 Å². The second kappa shape index (κ2) is 10.4. The third kappa shape index (κ3) is 4.71. The molecule has 10 heteroatoms. The van der Waals surface area contributed by atoms with Crippen LogP contribution in [-0.4, -0.2) is 89.3 Å². The molecule has 0 aliphatic carbocycles. The minimum atomic E-state index is -0.198. The minimum absolute atomic E-state index is 0.130. The number of para-hydroxylation sites is 1. The lowest BCUT2D eigenvalue weighted by molar-refractivity contribution is -0.122. The molecule has 2 aliphatic rings. The fourth-order valence-corrected chi connectivity index (χ4v) is 5.61. The van der Waals surface area contributed by atoms with E-state index in [1.165, 1.54) is 16.7 Å². The van der Waals surface area contributed by atoms with Crippen molar-refractivity contribution in [2.45, 2.75) is 0 Å². The molecule has 0 spiro atoms. The van der Waals surface area contributed by atoms with Crippen molar-refractivity contribution in [2.75, 3.05) is 64.5 Å². The maximum absolute atomic E-state index is 13.5. The number of aliphatic hydroxyl groups excluding tert-OH is 1. The van der Waals surface area contributed by atoms with E-state index in [1.807, 2.05) is 24.3 Å². The van der Waals surface area contributed by atoms with E-state index in [2.05, 4.69) is 9.80 Å². The standard InChI is InChI=1S/C23H28N4O4S2/c1-24-18-6-4-3-5-16(18)20(26-9-7-25(8-10-26)11-13-28)17(21(24)29)15-19-22(30)27(12-14-31-2)23(32)33-19/h3-6,15,28H,7-14H2,1-2H3. The van der Waals surface area contributed by atoms with Crippen LogP contribution in [0.15, 0.2) is 34.0 Å². The van der Waals surface area contributed by atoms with Gasteiger partial charge in [0.25, 0.3) is 11.5 Å². The normalized spacial score (nSPS) is 18.8. The predicted octanol–water partition coefficient (Wildman–Crippen LogP) is 1.50. The van der Waals surface area contributed by atoms with Gasteiger partial charge in [0.2, 0.25) is 0 Å². The summed E-state index contributed by atoms with van der Waals surface area (Å²) in [5.41, 5.74) is 2.04. The number of pyridine rings is 1. The number of piperazine rings is 1. The molecule has 3 heterocycles. The number of aromatic nitrogens is 1. The molecule has 0 radical (unpaired) electrons. The highest BCUT2D eigenvalue weighted by molar-refractivity contribution is 8.26. The quantitative estimate of drug-likeness (QED) is 0.464. The van der Waals surface area contributed by atoms with Gasteiger partial charge in [0.1, 0.15) is 4.32 Å². The smallest absolute Gasteiger partial charge is 0.266 e. The van der Waals surface area contributed by atoms with Crippen LogP contribution in [0.1, 0.15) is 5.56 Å². The lowest BCUT2D eigenvalue weighted by Crippen LogP contribution is -2.48. The van der Waals surface area contributed by atoms with Crippen LogP contribution >= 0.6 is 24.0 Å². The molecule has 0 saturated carbocycles. The van der Waals surface area contributed by atoms with Gasteiger partial charge in [-0.15, -0.1) is 0 Å². The number of aryl methyl sites for hydroxylation is 1. The summed E-state index contributed by atoms with van der Waals surface area (Å²) < 4.78 is 7.21. The van der Waals surface area contributed by atoms with Gasteiger partial charge in [0.15, 0.2) is 0 Å². The number of rotatable bonds is 7. The zero-order chi connectivity index (χ0) is 23.5. The van der Waals surface area contributed by atoms with Gasteiger partial charge in [-0.3, -0.25) is 19.4 Å². The van der Waals surface area contributed by atoms with E-state index in [1.54, 1.807) is 24.8 Å². The molecule has 1 amide bonds. The molecule has 2 fully saturated rings. The van der Waals surface area contributed by atoms with Gasteiger partial charge in [-0.1, -0.05) is 42.2 Å². The van der Waals surface area contributed by atoms with Crippen LogP contribution in [0.25, 0.3) is 17.0 Å². The number of thiocarbonyl (C=S) groups is 1. The average molecular weight is 489 g/mol. The molecule has 1 aromatic heterocycles. The van der Waals surface area contributed by atoms with Crippen molar-refractivity contribution < 1.29 is 14.6 Å². The highest BCUT2D eigenvalue weighted by Crippen LogP contribution is 2.36. The Morgan fingerprint density at radius 3 is 2.58 bits per heavy atom. The topological polar surface area (TPSA) is 78.2 Å². The Morgan fingerprint density at radius 2 is 1.88 bits per heavy atom. The zero-order valence-electron chi connectivity index (χ0n) is 18.8. The third-order valence-corrected chi connectivity index (χ3v) is 7.46. The SMILES string of the molecule is COCCN1C(=O)C(=Cc2c(N3CCN(CCO)CC3)c3ccccc3n(C)c2=O)SC1=S. The van der Waals surface area contributed by atoms with Gasteiger partial charge in [-0.05, 0) is 12.1 Å². The summed E-state index contributed by atoms with van der Waals surface area (Å²) in [6.45, 7) is 4.59. The first-order chi connectivity index (χ1) is 16.0. The molecular formula is C23H28N4O4S2. The molecule has 1 aromatic carbocycles. The van der Waals surface area contributed by atoms with E-state index < -0.39 is 0 Å². The molecule has 33 heavy (non-hydrogen) atoms. The number of methoxy groups -OCH3 is 1. The molecule has 0 atom stereocenters. The Labute approximate surface area is 202 Å². The van der Waals surface area contributed by atoms with Crippen LogP contribution in [0.3, 0.4) is 0 Å². The Kier molecular flexibility index (Phi) is 7.50.